The van der Waals surface area contributed by atoms with E-state index in [9.17, 15) is 13.2 Å². The lowest BCUT2D eigenvalue weighted by molar-refractivity contribution is -0.127. The van der Waals surface area contributed by atoms with Crippen LogP contribution in [0.5, 0.6) is 0 Å². The van der Waals surface area contributed by atoms with E-state index < -0.39 is 10.0 Å². The molecule has 0 saturated carbocycles. The van der Waals surface area contributed by atoms with Gasteiger partial charge in [0.25, 0.3) is 0 Å². The summed E-state index contributed by atoms with van der Waals surface area (Å²) < 4.78 is 26.9. The first-order chi connectivity index (χ1) is 9.42. The van der Waals surface area contributed by atoms with Gasteiger partial charge in [-0.15, -0.1) is 0 Å². The van der Waals surface area contributed by atoms with Crippen LogP contribution in [0.25, 0.3) is 10.8 Å². The molecule has 0 aliphatic carbocycles. The second kappa shape index (κ2) is 5.60. The highest BCUT2D eigenvalue weighted by Gasteiger charge is 2.18. The molecule has 0 fully saturated rings. The van der Waals surface area contributed by atoms with Crippen LogP contribution in [0, 0.1) is 0 Å². The number of benzene rings is 2. The third kappa shape index (κ3) is 2.97. The molecular formula is C14H16N2O3S. The van der Waals surface area contributed by atoms with Crippen molar-refractivity contribution in [3.8, 4) is 0 Å². The quantitative estimate of drug-likeness (QED) is 0.921. The molecule has 2 aromatic rings. The van der Waals surface area contributed by atoms with Gasteiger partial charge in [0.15, 0.2) is 0 Å². The van der Waals surface area contributed by atoms with Gasteiger partial charge in [-0.25, -0.2) is 13.1 Å². The highest BCUT2D eigenvalue weighted by molar-refractivity contribution is 7.89. The Hall–Kier alpha value is -1.92. The standard InChI is InChI=1S/C14H16N2O3S/c1-16(2)14(17)10-15-20(18,19)13-9-5-7-11-6-3-4-8-12(11)13/h3-9,15H,10H2,1-2H3. The molecule has 106 valence electrons. The molecule has 0 bridgehead atoms. The SMILES string of the molecule is CN(C)C(=O)CNS(=O)(=O)c1cccc2ccccc12. The Morgan fingerprint density at radius 3 is 2.45 bits per heavy atom. The van der Waals surface area contributed by atoms with E-state index in [2.05, 4.69) is 4.72 Å². The van der Waals surface area contributed by atoms with Crippen LogP contribution in [0.1, 0.15) is 0 Å². The van der Waals surface area contributed by atoms with Gasteiger partial charge in [-0.05, 0) is 11.5 Å². The summed E-state index contributed by atoms with van der Waals surface area (Å²) in [5, 5.41) is 1.48. The lowest BCUT2D eigenvalue weighted by atomic mass is 10.1. The molecule has 0 saturated heterocycles. The van der Waals surface area contributed by atoms with Crippen molar-refractivity contribution in [1.29, 1.82) is 0 Å². The number of fused-ring (bicyclic) bond motifs is 1. The van der Waals surface area contributed by atoms with Crippen LogP contribution in [0.2, 0.25) is 0 Å². The number of nitrogens with one attached hydrogen (secondary N) is 1. The first kappa shape index (κ1) is 14.5. The molecule has 1 amide bonds. The summed E-state index contributed by atoms with van der Waals surface area (Å²) >= 11 is 0. The van der Waals surface area contributed by atoms with Crippen LogP contribution < -0.4 is 4.72 Å². The normalized spacial score (nSPS) is 11.5. The van der Waals surface area contributed by atoms with E-state index in [0.29, 0.717) is 5.39 Å². The van der Waals surface area contributed by atoms with Gasteiger partial charge in [-0.3, -0.25) is 4.79 Å². The molecular weight excluding hydrogens is 276 g/mol. The lowest BCUT2D eigenvalue weighted by Crippen LogP contribution is -2.36. The first-order valence-electron chi connectivity index (χ1n) is 6.09. The number of carbonyl (C=O) groups is 1. The number of rotatable bonds is 4. The van der Waals surface area contributed by atoms with E-state index in [1.165, 1.54) is 11.0 Å². The third-order valence-corrected chi connectivity index (χ3v) is 4.41. The Morgan fingerprint density at radius 2 is 1.75 bits per heavy atom. The minimum absolute atomic E-state index is 0.183. The van der Waals surface area contributed by atoms with Crippen LogP contribution in [0.15, 0.2) is 47.4 Å². The topological polar surface area (TPSA) is 66.5 Å². The van der Waals surface area contributed by atoms with Crippen molar-refractivity contribution < 1.29 is 13.2 Å². The largest absolute Gasteiger partial charge is 0.348 e. The average Bonchev–Trinajstić information content (AvgIpc) is 2.44. The van der Waals surface area contributed by atoms with Gasteiger partial charge in [-0.2, -0.15) is 0 Å². The Kier molecular flexibility index (Phi) is 4.06. The van der Waals surface area contributed by atoms with E-state index in [-0.39, 0.29) is 17.3 Å². The number of hydrogen-bond donors (Lipinski definition) is 1. The van der Waals surface area contributed by atoms with E-state index in [4.69, 9.17) is 0 Å². The van der Waals surface area contributed by atoms with Gasteiger partial charge in [0, 0.05) is 19.5 Å². The summed E-state index contributed by atoms with van der Waals surface area (Å²) in [6.07, 6.45) is 0. The van der Waals surface area contributed by atoms with E-state index >= 15 is 0 Å². The molecule has 0 heterocycles. The maximum absolute atomic E-state index is 12.3. The van der Waals surface area contributed by atoms with Gasteiger partial charge in [0.05, 0.1) is 11.4 Å². The first-order valence-corrected chi connectivity index (χ1v) is 7.58. The Labute approximate surface area is 118 Å². The lowest BCUT2D eigenvalue weighted by Gasteiger charge is -2.12. The fourth-order valence-corrected chi connectivity index (χ4v) is 3.02. The van der Waals surface area contributed by atoms with Crippen molar-refractivity contribution >= 4 is 26.7 Å². The smallest absolute Gasteiger partial charge is 0.241 e. The molecule has 2 rings (SSSR count). The summed E-state index contributed by atoms with van der Waals surface area (Å²) in [6, 6.07) is 12.3. The van der Waals surface area contributed by atoms with Gasteiger partial charge < -0.3 is 4.90 Å². The summed E-state index contributed by atoms with van der Waals surface area (Å²) in [4.78, 5) is 13.0. The zero-order chi connectivity index (χ0) is 14.8. The molecule has 0 aliphatic heterocycles. The summed E-state index contributed by atoms with van der Waals surface area (Å²) in [6.45, 7) is -0.251. The van der Waals surface area contributed by atoms with Crippen molar-refractivity contribution in [3.63, 3.8) is 0 Å². The molecule has 20 heavy (non-hydrogen) atoms. The van der Waals surface area contributed by atoms with Crippen molar-refractivity contribution in [1.82, 2.24) is 9.62 Å². The van der Waals surface area contributed by atoms with Crippen LogP contribution >= 0.6 is 0 Å². The Balaban J connectivity index is 2.35. The third-order valence-electron chi connectivity index (χ3n) is 2.95. The fourth-order valence-electron chi connectivity index (χ4n) is 1.82. The predicted octanol–water partition coefficient (Wildman–Crippen LogP) is 1.21. The molecule has 1 N–H and O–H groups in total. The molecule has 0 aliphatic rings. The van der Waals surface area contributed by atoms with Gasteiger partial charge in [0.2, 0.25) is 15.9 Å². The van der Waals surface area contributed by atoms with Crippen LogP contribution in [0.4, 0.5) is 0 Å². The molecule has 0 aromatic heterocycles. The predicted molar refractivity (Wildman–Crippen MR) is 77.8 cm³/mol. The highest BCUT2D eigenvalue weighted by Crippen LogP contribution is 2.22. The van der Waals surface area contributed by atoms with E-state index in [0.717, 1.165) is 5.39 Å². The summed E-state index contributed by atoms with van der Waals surface area (Å²) in [7, 11) is -0.557. The number of nitrogens with zero attached hydrogens (tertiary/aromatic N) is 1. The zero-order valence-electron chi connectivity index (χ0n) is 11.3. The number of likely N-dealkylation sites (N-methyl/N-ethyl adjacent to an activating group) is 1. The molecule has 0 unspecified atom stereocenters. The second-order valence-electron chi connectivity index (χ2n) is 4.59. The summed E-state index contributed by atoms with van der Waals surface area (Å²) in [5.74, 6) is -0.297. The maximum atomic E-state index is 12.3. The van der Waals surface area contributed by atoms with Crippen molar-refractivity contribution in [2.45, 2.75) is 4.90 Å². The summed E-state index contributed by atoms with van der Waals surface area (Å²) in [5.41, 5.74) is 0. The molecule has 0 radical (unpaired) electrons. The maximum Gasteiger partial charge on any atom is 0.241 e. The average molecular weight is 292 g/mol. The van der Waals surface area contributed by atoms with Crippen molar-refractivity contribution in [2.75, 3.05) is 20.6 Å². The molecule has 2 aromatic carbocycles. The molecule has 0 atom stereocenters. The number of carbonyl (C=O) groups excluding carboxylic acids is 1. The molecule has 0 spiro atoms. The van der Waals surface area contributed by atoms with Crippen LogP contribution in [-0.4, -0.2) is 39.9 Å². The second-order valence-corrected chi connectivity index (χ2v) is 6.33. The van der Waals surface area contributed by atoms with Gasteiger partial charge in [0.1, 0.15) is 0 Å². The number of sulfonamides is 1. The minimum atomic E-state index is -3.71. The van der Waals surface area contributed by atoms with Crippen LogP contribution in [0.3, 0.4) is 0 Å². The van der Waals surface area contributed by atoms with Crippen molar-refractivity contribution in [3.05, 3.63) is 42.5 Å². The van der Waals surface area contributed by atoms with E-state index in [1.807, 2.05) is 18.2 Å². The molecule has 5 nitrogen and oxygen atoms in total. The zero-order valence-corrected chi connectivity index (χ0v) is 12.1. The van der Waals surface area contributed by atoms with Gasteiger partial charge >= 0.3 is 0 Å². The van der Waals surface area contributed by atoms with E-state index in [1.54, 1.807) is 32.3 Å². The molecule has 6 heteroatoms. The minimum Gasteiger partial charge on any atom is -0.348 e. The fraction of sp³-hybridized carbons (Fsp3) is 0.214. The number of hydrogen-bond acceptors (Lipinski definition) is 3. The Morgan fingerprint density at radius 1 is 1.10 bits per heavy atom. The number of amides is 1. The highest BCUT2D eigenvalue weighted by atomic mass is 32.2. The monoisotopic (exact) mass is 292 g/mol. The van der Waals surface area contributed by atoms with Gasteiger partial charge in [-0.1, -0.05) is 36.4 Å². The van der Waals surface area contributed by atoms with Crippen molar-refractivity contribution in [2.24, 2.45) is 0 Å². The Bertz CT molecular complexity index is 734. The van der Waals surface area contributed by atoms with Crippen LogP contribution in [-0.2, 0) is 14.8 Å².